The fourth-order valence-electron chi connectivity index (χ4n) is 3.16. The lowest BCUT2D eigenvalue weighted by atomic mass is 9.85. The van der Waals surface area contributed by atoms with Gasteiger partial charge >= 0.3 is 0 Å². The highest BCUT2D eigenvalue weighted by atomic mass is 127. The predicted octanol–water partition coefficient (Wildman–Crippen LogP) is 4.11. The van der Waals surface area contributed by atoms with Crippen LogP contribution in [0, 0.1) is 11.7 Å². The number of hydrogen-bond acceptors (Lipinski definition) is 3. The van der Waals surface area contributed by atoms with Gasteiger partial charge in [-0.25, -0.2) is 4.39 Å². The van der Waals surface area contributed by atoms with Gasteiger partial charge < -0.3 is 20.1 Å². The van der Waals surface area contributed by atoms with Crippen molar-refractivity contribution in [2.45, 2.75) is 45.4 Å². The Bertz CT molecular complexity index is 607. The van der Waals surface area contributed by atoms with Crippen LogP contribution in [0.3, 0.4) is 0 Å². The molecule has 0 aliphatic carbocycles. The molecule has 7 heteroatoms. The molecule has 1 heterocycles. The maximum atomic E-state index is 13.5. The molecule has 1 saturated heterocycles. The van der Waals surface area contributed by atoms with Crippen LogP contribution in [0.2, 0.25) is 0 Å². The van der Waals surface area contributed by atoms with E-state index in [2.05, 4.69) is 24.5 Å². The smallest absolute Gasteiger partial charge is 0.191 e. The van der Waals surface area contributed by atoms with Crippen molar-refractivity contribution < 1.29 is 13.9 Å². The van der Waals surface area contributed by atoms with E-state index in [1.165, 1.54) is 6.07 Å². The summed E-state index contributed by atoms with van der Waals surface area (Å²) in [5.74, 6) is 1.22. The number of benzene rings is 1. The molecule has 166 valence electrons. The zero-order chi connectivity index (χ0) is 20.2. The third kappa shape index (κ3) is 10.1. The zero-order valence-corrected chi connectivity index (χ0v) is 20.3. The molecule has 0 radical (unpaired) electrons. The van der Waals surface area contributed by atoms with Gasteiger partial charge in [0.1, 0.15) is 5.82 Å². The maximum absolute atomic E-state index is 13.5. The number of rotatable bonds is 10. The summed E-state index contributed by atoms with van der Waals surface area (Å²) in [4.78, 5) is 4.70. The first-order valence-electron chi connectivity index (χ1n) is 10.4. The maximum Gasteiger partial charge on any atom is 0.191 e. The Hall–Kier alpha value is -0.930. The van der Waals surface area contributed by atoms with Crippen molar-refractivity contribution in [2.75, 3.05) is 46.1 Å². The quantitative estimate of drug-likeness (QED) is 0.211. The zero-order valence-electron chi connectivity index (χ0n) is 18.0. The third-order valence-corrected chi connectivity index (χ3v) is 5.04. The Kier molecular flexibility index (Phi) is 12.7. The molecule has 1 aliphatic heterocycles. The van der Waals surface area contributed by atoms with E-state index in [9.17, 15) is 4.39 Å². The van der Waals surface area contributed by atoms with Crippen LogP contribution in [-0.2, 0) is 14.9 Å². The van der Waals surface area contributed by atoms with E-state index < -0.39 is 0 Å². The van der Waals surface area contributed by atoms with Gasteiger partial charge in [-0.2, -0.15) is 0 Å². The molecule has 0 amide bonds. The summed E-state index contributed by atoms with van der Waals surface area (Å²) >= 11 is 0. The summed E-state index contributed by atoms with van der Waals surface area (Å²) in [6.45, 7) is 11.7. The topological polar surface area (TPSA) is 54.9 Å². The van der Waals surface area contributed by atoms with Crippen molar-refractivity contribution in [3.63, 3.8) is 0 Å². The van der Waals surface area contributed by atoms with Crippen LogP contribution in [-0.4, -0.2) is 52.0 Å². The van der Waals surface area contributed by atoms with Gasteiger partial charge in [-0.05, 0) is 49.8 Å². The molecular formula is C22H37FIN3O2. The average molecular weight is 521 g/mol. The second-order valence-electron chi connectivity index (χ2n) is 8.00. The minimum Gasteiger partial charge on any atom is -0.381 e. The van der Waals surface area contributed by atoms with Crippen LogP contribution in [0.25, 0.3) is 0 Å². The SMILES string of the molecule is CCNC(=NCC(C)(C)c1cccc(F)c1)NCCCOCC1CCOCC1.I. The Morgan fingerprint density at radius 3 is 2.72 bits per heavy atom. The highest BCUT2D eigenvalue weighted by Crippen LogP contribution is 2.24. The van der Waals surface area contributed by atoms with Crippen LogP contribution in [0.15, 0.2) is 29.3 Å². The summed E-state index contributed by atoms with van der Waals surface area (Å²) in [6.07, 6.45) is 3.15. The number of nitrogens with one attached hydrogen (secondary N) is 2. The van der Waals surface area contributed by atoms with E-state index in [4.69, 9.17) is 14.5 Å². The van der Waals surface area contributed by atoms with Crippen molar-refractivity contribution >= 4 is 29.9 Å². The number of aliphatic imine (C=N–C) groups is 1. The number of guanidine groups is 1. The van der Waals surface area contributed by atoms with Crippen LogP contribution >= 0.6 is 24.0 Å². The molecule has 2 N–H and O–H groups in total. The molecule has 0 spiro atoms. The molecule has 1 aromatic rings. The minimum absolute atomic E-state index is 0. The average Bonchev–Trinajstić information content (AvgIpc) is 2.69. The summed E-state index contributed by atoms with van der Waals surface area (Å²) in [5, 5.41) is 6.63. The van der Waals surface area contributed by atoms with Gasteiger partial charge in [-0.15, -0.1) is 24.0 Å². The van der Waals surface area contributed by atoms with Gasteiger partial charge in [0.15, 0.2) is 5.96 Å². The summed E-state index contributed by atoms with van der Waals surface area (Å²) in [7, 11) is 0. The van der Waals surface area contributed by atoms with Gasteiger partial charge in [0.2, 0.25) is 0 Å². The molecule has 0 atom stereocenters. The van der Waals surface area contributed by atoms with E-state index in [0.29, 0.717) is 12.5 Å². The molecule has 5 nitrogen and oxygen atoms in total. The Labute approximate surface area is 192 Å². The lowest BCUT2D eigenvalue weighted by molar-refractivity contribution is 0.0203. The molecule has 0 saturated carbocycles. The summed E-state index contributed by atoms with van der Waals surface area (Å²) in [6, 6.07) is 6.76. The van der Waals surface area contributed by atoms with Gasteiger partial charge in [-0.3, -0.25) is 4.99 Å². The number of ether oxygens (including phenoxy) is 2. The van der Waals surface area contributed by atoms with Crippen molar-refractivity contribution in [3.8, 4) is 0 Å². The molecule has 0 aromatic heterocycles. The van der Waals surface area contributed by atoms with Crippen LogP contribution in [0.5, 0.6) is 0 Å². The lowest BCUT2D eigenvalue weighted by Crippen LogP contribution is -2.39. The van der Waals surface area contributed by atoms with Gasteiger partial charge in [0, 0.05) is 44.9 Å². The molecule has 1 aromatic carbocycles. The molecule has 0 unspecified atom stereocenters. The first-order chi connectivity index (χ1) is 13.5. The van der Waals surface area contributed by atoms with E-state index in [1.54, 1.807) is 12.1 Å². The molecule has 2 rings (SSSR count). The van der Waals surface area contributed by atoms with E-state index in [1.807, 2.05) is 13.0 Å². The monoisotopic (exact) mass is 521 g/mol. The first kappa shape index (κ1) is 26.1. The fourth-order valence-corrected chi connectivity index (χ4v) is 3.16. The molecule has 1 fully saturated rings. The van der Waals surface area contributed by atoms with Gasteiger partial charge in [0.05, 0.1) is 6.54 Å². The van der Waals surface area contributed by atoms with Gasteiger partial charge in [-0.1, -0.05) is 26.0 Å². The Balaban J connectivity index is 0.00000420. The van der Waals surface area contributed by atoms with E-state index >= 15 is 0 Å². The second-order valence-corrected chi connectivity index (χ2v) is 8.00. The summed E-state index contributed by atoms with van der Waals surface area (Å²) < 4.78 is 24.7. The minimum atomic E-state index is -0.239. The second kappa shape index (κ2) is 14.1. The predicted molar refractivity (Wildman–Crippen MR) is 128 cm³/mol. The molecule has 29 heavy (non-hydrogen) atoms. The van der Waals surface area contributed by atoms with Crippen LogP contribution in [0.4, 0.5) is 4.39 Å². The highest BCUT2D eigenvalue weighted by molar-refractivity contribution is 14.0. The van der Waals surface area contributed by atoms with Crippen LogP contribution < -0.4 is 10.6 Å². The van der Waals surface area contributed by atoms with Crippen LogP contribution in [0.1, 0.15) is 45.6 Å². The largest absolute Gasteiger partial charge is 0.381 e. The molecule has 0 bridgehead atoms. The van der Waals surface area contributed by atoms with Crippen molar-refractivity contribution in [1.82, 2.24) is 10.6 Å². The van der Waals surface area contributed by atoms with E-state index in [-0.39, 0.29) is 35.2 Å². The fraction of sp³-hybridized carbons (Fsp3) is 0.682. The number of nitrogens with zero attached hydrogens (tertiary/aromatic N) is 1. The van der Waals surface area contributed by atoms with Crippen molar-refractivity contribution in [3.05, 3.63) is 35.6 Å². The molecular weight excluding hydrogens is 484 g/mol. The summed E-state index contributed by atoms with van der Waals surface area (Å²) in [5.41, 5.74) is 0.714. The third-order valence-electron chi connectivity index (χ3n) is 5.04. The first-order valence-corrected chi connectivity index (χ1v) is 10.4. The van der Waals surface area contributed by atoms with Crippen molar-refractivity contribution in [1.29, 1.82) is 0 Å². The normalized spacial score (nSPS) is 15.7. The van der Waals surface area contributed by atoms with E-state index in [0.717, 1.165) is 70.3 Å². The molecule has 1 aliphatic rings. The van der Waals surface area contributed by atoms with Crippen molar-refractivity contribution in [2.24, 2.45) is 10.9 Å². The lowest BCUT2D eigenvalue weighted by Gasteiger charge is -2.24. The Morgan fingerprint density at radius 2 is 2.03 bits per heavy atom. The number of halogens is 2. The highest BCUT2D eigenvalue weighted by Gasteiger charge is 2.21. The Morgan fingerprint density at radius 1 is 1.28 bits per heavy atom. The van der Waals surface area contributed by atoms with Gasteiger partial charge in [0.25, 0.3) is 0 Å². The number of hydrogen-bond donors (Lipinski definition) is 2. The standard InChI is InChI=1S/C22H36FN3O2.HI/c1-4-24-21(25-11-6-12-28-16-18-9-13-27-14-10-18)26-17-22(2,3)19-7-5-8-20(23)15-19;/h5,7-8,15,18H,4,6,9-14,16-17H2,1-3H3,(H2,24,25,26);1H.